The van der Waals surface area contributed by atoms with Crippen molar-refractivity contribution in [2.75, 3.05) is 39.9 Å². The number of nitrogens with one attached hydrogen (secondary N) is 2. The van der Waals surface area contributed by atoms with Crippen LogP contribution in [0.3, 0.4) is 0 Å². The van der Waals surface area contributed by atoms with Gasteiger partial charge in [-0.15, -0.1) is 11.3 Å². The van der Waals surface area contributed by atoms with Crippen LogP contribution in [0.4, 0.5) is 4.79 Å². The van der Waals surface area contributed by atoms with Crippen LogP contribution in [0.5, 0.6) is 0 Å². The number of hydrogen-bond acceptors (Lipinski definition) is 7. The molecule has 2 aromatic carbocycles. The summed E-state index contributed by atoms with van der Waals surface area (Å²) < 4.78 is 5.50. The molecule has 0 aliphatic carbocycles. The summed E-state index contributed by atoms with van der Waals surface area (Å²) in [5.41, 5.74) is 9.77. The molecule has 244 valence electrons. The van der Waals surface area contributed by atoms with Crippen LogP contribution in [0.15, 0.2) is 66.0 Å². The van der Waals surface area contributed by atoms with Crippen LogP contribution in [0.2, 0.25) is 0 Å². The first-order valence-electron chi connectivity index (χ1n) is 16.2. The average Bonchev–Trinajstić information content (AvgIpc) is 3.52. The van der Waals surface area contributed by atoms with Crippen molar-refractivity contribution in [1.29, 1.82) is 0 Å². The highest BCUT2D eigenvalue weighted by atomic mass is 32.1. The van der Waals surface area contributed by atoms with Crippen molar-refractivity contribution in [3.63, 3.8) is 0 Å². The Bertz CT molecular complexity index is 1300. The Labute approximate surface area is 272 Å². The van der Waals surface area contributed by atoms with Gasteiger partial charge in [0.2, 0.25) is 5.91 Å². The number of thiazole rings is 1. The Hall–Kier alpha value is -3.31. The number of hydrogen-bond donors (Lipinski definition) is 3. The van der Waals surface area contributed by atoms with E-state index < -0.39 is 6.04 Å². The maximum Gasteiger partial charge on any atom is 0.318 e. The zero-order valence-electron chi connectivity index (χ0n) is 27.0. The smallest absolute Gasteiger partial charge is 0.318 e. The zero-order chi connectivity index (χ0) is 32.0. The molecule has 1 aliphatic heterocycles. The molecule has 1 aromatic heterocycles. The molecule has 3 atom stereocenters. The molecular weight excluding hydrogens is 584 g/mol. The maximum atomic E-state index is 13.9. The highest BCUT2D eigenvalue weighted by molar-refractivity contribution is 7.09. The van der Waals surface area contributed by atoms with Crippen molar-refractivity contribution in [1.82, 2.24) is 25.4 Å². The van der Waals surface area contributed by atoms with Crippen LogP contribution in [-0.2, 0) is 28.9 Å². The summed E-state index contributed by atoms with van der Waals surface area (Å²) in [4.78, 5) is 35.8. The number of nitrogens with two attached hydrogens (primary N) is 1. The number of carbonyl (C=O) groups excluding carboxylic acids is 2. The van der Waals surface area contributed by atoms with Crippen LogP contribution >= 0.6 is 11.3 Å². The maximum absolute atomic E-state index is 13.9. The first kappa shape index (κ1) is 34.6. The van der Waals surface area contributed by atoms with E-state index in [1.165, 1.54) is 5.56 Å². The van der Waals surface area contributed by atoms with Gasteiger partial charge in [-0.3, -0.25) is 9.69 Å². The van der Waals surface area contributed by atoms with Crippen molar-refractivity contribution in [3.8, 4) is 0 Å². The minimum Gasteiger partial charge on any atom is -0.379 e. The highest BCUT2D eigenvalue weighted by Crippen LogP contribution is 2.20. The summed E-state index contributed by atoms with van der Waals surface area (Å²) in [6.07, 6.45) is 3.49. The van der Waals surface area contributed by atoms with E-state index in [4.69, 9.17) is 10.5 Å². The van der Waals surface area contributed by atoms with Crippen LogP contribution in [0.1, 0.15) is 60.9 Å². The molecule has 10 heteroatoms. The molecule has 0 saturated carbocycles. The number of ether oxygens (including phenoxy) is 1. The number of benzene rings is 2. The van der Waals surface area contributed by atoms with E-state index >= 15 is 0 Å². The lowest BCUT2D eigenvalue weighted by molar-refractivity contribution is -0.124. The fourth-order valence-electron chi connectivity index (χ4n) is 5.50. The third-order valence-corrected chi connectivity index (χ3v) is 9.35. The minimum atomic E-state index is -0.680. The van der Waals surface area contributed by atoms with Gasteiger partial charge in [-0.1, -0.05) is 74.5 Å². The number of nitrogens with zero attached hydrogens (tertiary/aromatic N) is 3. The van der Waals surface area contributed by atoms with Crippen LogP contribution < -0.4 is 16.4 Å². The fraction of sp³-hybridized carbons (Fsp3) is 0.514. The number of morpholine rings is 1. The van der Waals surface area contributed by atoms with Gasteiger partial charge in [0.25, 0.3) is 0 Å². The van der Waals surface area contributed by atoms with Gasteiger partial charge in [0.05, 0.1) is 30.5 Å². The van der Waals surface area contributed by atoms with E-state index in [1.54, 1.807) is 23.3 Å². The first-order valence-corrected chi connectivity index (χ1v) is 17.0. The molecule has 2 heterocycles. The van der Waals surface area contributed by atoms with Gasteiger partial charge in [0, 0.05) is 50.1 Å². The van der Waals surface area contributed by atoms with Gasteiger partial charge in [0.1, 0.15) is 6.04 Å². The number of urea groups is 1. The highest BCUT2D eigenvalue weighted by Gasteiger charge is 2.26. The normalized spacial score (nSPS) is 15.8. The molecule has 0 spiro atoms. The van der Waals surface area contributed by atoms with Crippen LogP contribution in [0, 0.1) is 0 Å². The molecule has 4 N–H and O–H groups in total. The zero-order valence-corrected chi connectivity index (χ0v) is 27.8. The average molecular weight is 635 g/mol. The Kier molecular flexibility index (Phi) is 13.8. The summed E-state index contributed by atoms with van der Waals surface area (Å²) in [5, 5.41) is 9.39. The van der Waals surface area contributed by atoms with E-state index in [2.05, 4.69) is 58.6 Å². The van der Waals surface area contributed by atoms with Crippen LogP contribution in [-0.4, -0.2) is 84.7 Å². The van der Waals surface area contributed by atoms with E-state index in [9.17, 15) is 9.59 Å². The van der Waals surface area contributed by atoms with Gasteiger partial charge in [0.15, 0.2) is 0 Å². The van der Waals surface area contributed by atoms with E-state index in [0.717, 1.165) is 48.6 Å². The van der Waals surface area contributed by atoms with E-state index in [0.29, 0.717) is 45.1 Å². The topological polar surface area (TPSA) is 113 Å². The standard InChI is InChI=1S/C35H50N6O3S/c1-26(2)34-38-31(25-45-34)24-40(3)35(43)39-32(16-17-41-18-20-44-21-19-41)33(42)37-30(23-28-12-8-5-9-13-28)15-14-29(36)22-27-10-6-4-7-11-27/h4-13,25-26,29-30,32H,14-24,36H2,1-3H3,(H,37,42)(H,39,43). The SMILES string of the molecule is CC(C)c1nc(CN(C)C(=O)NC(CCN2CCOCC2)C(=O)NC(CCC(N)Cc2ccccc2)Cc2ccccc2)cs1. The fourth-order valence-corrected chi connectivity index (χ4v) is 6.33. The van der Waals surface area contributed by atoms with Gasteiger partial charge < -0.3 is 26.0 Å². The monoisotopic (exact) mass is 634 g/mol. The van der Waals surface area contributed by atoms with Gasteiger partial charge in [-0.2, -0.15) is 0 Å². The second-order valence-electron chi connectivity index (χ2n) is 12.4. The number of rotatable bonds is 16. The predicted molar refractivity (Wildman–Crippen MR) is 181 cm³/mol. The molecule has 3 amide bonds. The summed E-state index contributed by atoms with van der Waals surface area (Å²) in [7, 11) is 1.74. The number of aromatic nitrogens is 1. The second-order valence-corrected chi connectivity index (χ2v) is 13.2. The Morgan fingerprint density at radius 1 is 0.956 bits per heavy atom. The first-order chi connectivity index (χ1) is 21.8. The van der Waals surface area contributed by atoms with Crippen LogP contribution in [0.25, 0.3) is 0 Å². The van der Waals surface area contributed by atoms with Gasteiger partial charge >= 0.3 is 6.03 Å². The van der Waals surface area contributed by atoms with Crippen molar-refractivity contribution < 1.29 is 14.3 Å². The van der Waals surface area contributed by atoms with Crippen molar-refractivity contribution in [2.45, 2.75) is 76.5 Å². The third-order valence-electron chi connectivity index (χ3n) is 8.16. The Morgan fingerprint density at radius 3 is 2.22 bits per heavy atom. The Morgan fingerprint density at radius 2 is 1.60 bits per heavy atom. The molecule has 3 aromatic rings. The quantitative estimate of drug-likeness (QED) is 0.213. The molecule has 0 bridgehead atoms. The molecule has 4 rings (SSSR count). The third kappa shape index (κ3) is 11.9. The lowest BCUT2D eigenvalue weighted by Crippen LogP contribution is -2.54. The lowest BCUT2D eigenvalue weighted by atomic mass is 9.96. The minimum absolute atomic E-state index is 0.0185. The lowest BCUT2D eigenvalue weighted by Gasteiger charge is -2.30. The van der Waals surface area contributed by atoms with Crippen molar-refractivity contribution >= 4 is 23.3 Å². The molecule has 1 aliphatic rings. The second kappa shape index (κ2) is 18.0. The molecule has 1 fully saturated rings. The predicted octanol–water partition coefficient (Wildman–Crippen LogP) is 4.58. The van der Waals surface area contributed by atoms with E-state index in [-0.39, 0.29) is 24.0 Å². The van der Waals surface area contributed by atoms with Gasteiger partial charge in [-0.05, 0) is 43.2 Å². The molecule has 3 unspecified atom stereocenters. The van der Waals surface area contributed by atoms with E-state index in [1.807, 2.05) is 41.8 Å². The summed E-state index contributed by atoms with van der Waals surface area (Å²) in [5.74, 6) is 0.172. The molecule has 0 radical (unpaired) electrons. The largest absolute Gasteiger partial charge is 0.379 e. The molecule has 45 heavy (non-hydrogen) atoms. The molecule has 9 nitrogen and oxygen atoms in total. The van der Waals surface area contributed by atoms with Crippen molar-refractivity contribution in [2.24, 2.45) is 5.73 Å². The van der Waals surface area contributed by atoms with Gasteiger partial charge in [-0.25, -0.2) is 9.78 Å². The summed E-state index contributed by atoms with van der Waals surface area (Å²) in [6, 6.07) is 19.3. The molecule has 1 saturated heterocycles. The molecular formula is C35H50N6O3S. The Balaban J connectivity index is 1.42. The number of amides is 3. The summed E-state index contributed by atoms with van der Waals surface area (Å²) >= 11 is 1.61. The number of carbonyl (C=O) groups is 2. The summed E-state index contributed by atoms with van der Waals surface area (Å²) in [6.45, 7) is 8.29. The van der Waals surface area contributed by atoms with Crippen molar-refractivity contribution in [3.05, 3.63) is 87.9 Å².